The average Bonchev–Trinajstić information content (AvgIpc) is 3.03. The third-order valence-corrected chi connectivity index (χ3v) is 5.00. The molecule has 26 heavy (non-hydrogen) atoms. The minimum absolute atomic E-state index is 0.0181. The zero-order valence-corrected chi connectivity index (χ0v) is 15.8. The minimum Gasteiger partial charge on any atom is -0.339 e. The first-order valence-corrected chi connectivity index (χ1v) is 9.26. The zero-order chi connectivity index (χ0) is 18.7. The molecular formula is C19H23FN4OS. The van der Waals surface area contributed by atoms with E-state index in [0.717, 1.165) is 24.2 Å². The van der Waals surface area contributed by atoms with Gasteiger partial charge in [-0.3, -0.25) is 9.89 Å². The summed E-state index contributed by atoms with van der Waals surface area (Å²) in [5.41, 5.74) is 0.808. The van der Waals surface area contributed by atoms with Gasteiger partial charge in [-0.25, -0.2) is 4.39 Å². The van der Waals surface area contributed by atoms with E-state index in [0.29, 0.717) is 23.8 Å². The van der Waals surface area contributed by atoms with Crippen molar-refractivity contribution in [3.05, 3.63) is 52.3 Å². The van der Waals surface area contributed by atoms with E-state index in [1.54, 1.807) is 24.3 Å². The molecule has 1 amide bonds. The summed E-state index contributed by atoms with van der Waals surface area (Å²) in [6, 6.07) is 6.34. The molecule has 2 aromatic rings. The maximum Gasteiger partial charge on any atom is 0.246 e. The molecule has 0 unspecified atom stereocenters. The number of nitrogens with zero attached hydrogens (tertiary/aromatic N) is 3. The van der Waals surface area contributed by atoms with Gasteiger partial charge in [-0.2, -0.15) is 5.10 Å². The summed E-state index contributed by atoms with van der Waals surface area (Å²) in [6.07, 6.45) is 5.00. The number of rotatable bonds is 4. The van der Waals surface area contributed by atoms with Crippen LogP contribution >= 0.6 is 12.2 Å². The summed E-state index contributed by atoms with van der Waals surface area (Å²) in [4.78, 5) is 14.2. The van der Waals surface area contributed by atoms with Gasteiger partial charge in [0.2, 0.25) is 5.91 Å². The van der Waals surface area contributed by atoms with E-state index in [9.17, 15) is 9.18 Å². The molecule has 1 N–H and O–H groups in total. The zero-order valence-electron chi connectivity index (χ0n) is 15.0. The van der Waals surface area contributed by atoms with Gasteiger partial charge in [0.15, 0.2) is 4.77 Å². The van der Waals surface area contributed by atoms with Crippen LogP contribution in [0.3, 0.4) is 0 Å². The second-order valence-corrected chi connectivity index (χ2v) is 7.22. The molecule has 0 saturated carbocycles. The Kier molecular flexibility index (Phi) is 5.66. The van der Waals surface area contributed by atoms with Crippen LogP contribution in [0.25, 0.3) is 6.08 Å². The number of piperidine rings is 1. The molecule has 0 aliphatic carbocycles. The smallest absolute Gasteiger partial charge is 0.246 e. The van der Waals surface area contributed by atoms with Crippen LogP contribution < -0.4 is 0 Å². The van der Waals surface area contributed by atoms with E-state index in [1.807, 2.05) is 4.90 Å². The first-order chi connectivity index (χ1) is 12.5. The van der Waals surface area contributed by atoms with Crippen LogP contribution in [0.15, 0.2) is 30.3 Å². The Morgan fingerprint density at radius 1 is 1.31 bits per heavy atom. The number of benzene rings is 1. The third-order valence-electron chi connectivity index (χ3n) is 4.71. The summed E-state index contributed by atoms with van der Waals surface area (Å²) in [5, 5.41) is 7.30. The molecule has 3 rings (SSSR count). The molecule has 0 radical (unpaired) electrons. The second kappa shape index (κ2) is 7.95. The predicted octanol–water partition coefficient (Wildman–Crippen LogP) is 4.08. The van der Waals surface area contributed by atoms with E-state index in [2.05, 4.69) is 28.6 Å². The molecule has 2 heterocycles. The van der Waals surface area contributed by atoms with E-state index in [4.69, 9.17) is 12.2 Å². The molecule has 1 aromatic heterocycles. The highest BCUT2D eigenvalue weighted by molar-refractivity contribution is 7.71. The Hall–Kier alpha value is -2.28. The molecule has 138 valence electrons. The van der Waals surface area contributed by atoms with Crippen LogP contribution in [0, 0.1) is 10.6 Å². The third kappa shape index (κ3) is 4.09. The van der Waals surface area contributed by atoms with E-state index >= 15 is 0 Å². The van der Waals surface area contributed by atoms with Crippen LogP contribution in [-0.4, -0.2) is 38.7 Å². The lowest BCUT2D eigenvalue weighted by Gasteiger charge is -2.31. The van der Waals surface area contributed by atoms with E-state index in [1.165, 1.54) is 12.1 Å². The maximum absolute atomic E-state index is 12.9. The molecule has 1 aliphatic heterocycles. The van der Waals surface area contributed by atoms with Crippen LogP contribution in [0.1, 0.15) is 50.0 Å². The molecule has 1 aromatic carbocycles. The predicted molar refractivity (Wildman–Crippen MR) is 102 cm³/mol. The molecule has 1 aliphatic rings. The van der Waals surface area contributed by atoms with Gasteiger partial charge in [0, 0.05) is 31.1 Å². The fourth-order valence-corrected chi connectivity index (χ4v) is 3.66. The van der Waals surface area contributed by atoms with Gasteiger partial charge in [0.05, 0.1) is 0 Å². The summed E-state index contributed by atoms with van der Waals surface area (Å²) >= 11 is 5.32. The number of amides is 1. The van der Waals surface area contributed by atoms with Crippen molar-refractivity contribution in [2.75, 3.05) is 13.1 Å². The van der Waals surface area contributed by atoms with Crippen LogP contribution in [0.4, 0.5) is 4.39 Å². The van der Waals surface area contributed by atoms with Gasteiger partial charge >= 0.3 is 0 Å². The highest BCUT2D eigenvalue weighted by Gasteiger charge is 2.26. The van der Waals surface area contributed by atoms with E-state index < -0.39 is 0 Å². The standard InChI is InChI=1S/C19H23FN4OS/c1-13(2)24-18(21-22-19(24)26)15-9-11-23(12-10-15)17(25)8-5-14-3-6-16(20)7-4-14/h3-8,13,15H,9-12H2,1-2H3,(H,22,26). The Labute approximate surface area is 157 Å². The summed E-state index contributed by atoms with van der Waals surface area (Å²) < 4.78 is 15.6. The lowest BCUT2D eigenvalue weighted by Crippen LogP contribution is -2.37. The first-order valence-electron chi connectivity index (χ1n) is 8.85. The second-order valence-electron chi connectivity index (χ2n) is 6.84. The monoisotopic (exact) mass is 374 g/mol. The minimum atomic E-state index is -0.283. The Bertz CT molecular complexity index is 845. The highest BCUT2D eigenvalue weighted by atomic mass is 32.1. The number of carbonyl (C=O) groups excluding carboxylic acids is 1. The highest BCUT2D eigenvalue weighted by Crippen LogP contribution is 2.28. The Morgan fingerprint density at radius 3 is 2.58 bits per heavy atom. The van der Waals surface area contributed by atoms with Crippen LogP contribution in [0.2, 0.25) is 0 Å². The fraction of sp³-hybridized carbons (Fsp3) is 0.421. The Morgan fingerprint density at radius 2 is 1.96 bits per heavy atom. The number of halogens is 1. The first kappa shape index (κ1) is 18.5. The number of hydrogen-bond acceptors (Lipinski definition) is 3. The van der Waals surface area contributed by atoms with E-state index in [-0.39, 0.29) is 17.8 Å². The number of carbonyl (C=O) groups is 1. The van der Waals surface area contributed by atoms with Gasteiger partial charge in [0.25, 0.3) is 0 Å². The summed E-state index contributed by atoms with van der Waals surface area (Å²) in [6.45, 7) is 5.56. The van der Waals surface area contributed by atoms with Gasteiger partial charge < -0.3 is 9.47 Å². The number of nitrogens with one attached hydrogen (secondary N) is 1. The number of aromatic amines is 1. The number of aromatic nitrogens is 3. The van der Waals surface area contributed by atoms with Crippen molar-refractivity contribution in [1.29, 1.82) is 0 Å². The largest absolute Gasteiger partial charge is 0.339 e. The van der Waals surface area contributed by atoms with Crippen molar-refractivity contribution < 1.29 is 9.18 Å². The maximum atomic E-state index is 12.9. The van der Waals surface area contributed by atoms with Crippen molar-refractivity contribution in [1.82, 2.24) is 19.7 Å². The van der Waals surface area contributed by atoms with Crippen molar-refractivity contribution in [2.24, 2.45) is 0 Å². The lowest BCUT2D eigenvalue weighted by molar-refractivity contribution is -0.127. The molecule has 1 fully saturated rings. The lowest BCUT2D eigenvalue weighted by atomic mass is 9.95. The average molecular weight is 374 g/mol. The van der Waals surface area contributed by atoms with Gasteiger partial charge in [0.1, 0.15) is 11.6 Å². The molecular weight excluding hydrogens is 351 g/mol. The van der Waals surface area contributed by atoms with Gasteiger partial charge in [-0.05, 0) is 62.7 Å². The topological polar surface area (TPSA) is 53.9 Å². The molecule has 0 bridgehead atoms. The number of hydrogen-bond donors (Lipinski definition) is 1. The number of likely N-dealkylation sites (tertiary alicyclic amines) is 1. The summed E-state index contributed by atoms with van der Waals surface area (Å²) in [5.74, 6) is 0.986. The Balaban J connectivity index is 1.60. The fourth-order valence-electron chi connectivity index (χ4n) is 3.31. The molecule has 0 spiro atoms. The van der Waals surface area contributed by atoms with Crippen LogP contribution in [0.5, 0.6) is 0 Å². The molecule has 7 heteroatoms. The van der Waals surface area contributed by atoms with Crippen molar-refractivity contribution >= 4 is 24.2 Å². The van der Waals surface area contributed by atoms with Crippen molar-refractivity contribution in [3.8, 4) is 0 Å². The summed E-state index contributed by atoms with van der Waals surface area (Å²) in [7, 11) is 0. The van der Waals surface area contributed by atoms with Gasteiger partial charge in [-0.1, -0.05) is 12.1 Å². The normalized spacial score (nSPS) is 15.9. The molecule has 0 atom stereocenters. The molecule has 5 nitrogen and oxygen atoms in total. The van der Waals surface area contributed by atoms with Crippen molar-refractivity contribution in [3.63, 3.8) is 0 Å². The quantitative estimate of drug-likeness (QED) is 0.648. The molecule has 1 saturated heterocycles. The van der Waals surface area contributed by atoms with Crippen molar-refractivity contribution in [2.45, 2.75) is 38.6 Å². The van der Waals surface area contributed by atoms with Crippen LogP contribution in [-0.2, 0) is 4.79 Å². The number of H-pyrrole nitrogens is 1. The SMILES string of the molecule is CC(C)n1c(C2CCN(C(=O)C=Cc3ccc(F)cc3)CC2)n[nH]c1=S. The van der Waals surface area contributed by atoms with Gasteiger partial charge in [-0.15, -0.1) is 0 Å².